The summed E-state index contributed by atoms with van der Waals surface area (Å²) < 4.78 is 0. The van der Waals surface area contributed by atoms with Crippen molar-refractivity contribution in [3.05, 3.63) is 39.7 Å². The van der Waals surface area contributed by atoms with E-state index in [1.54, 1.807) is 11.3 Å². The lowest BCUT2D eigenvalue weighted by Gasteiger charge is -2.25. The Labute approximate surface area is 172 Å². The molecular weight excluding hydrogens is 388 g/mol. The van der Waals surface area contributed by atoms with Gasteiger partial charge in [-0.15, -0.1) is 22.7 Å². The lowest BCUT2D eigenvalue weighted by atomic mass is 9.86. The number of aromatic nitrogens is 1. The molecule has 2 aliphatic rings. The number of rotatable bonds is 4. The molecular formula is C21H24N4OS2. The normalized spacial score (nSPS) is 21.8. The zero-order valence-electron chi connectivity index (χ0n) is 15.7. The summed E-state index contributed by atoms with van der Waals surface area (Å²) in [7, 11) is 0. The first-order valence-corrected chi connectivity index (χ1v) is 11.6. The van der Waals surface area contributed by atoms with Gasteiger partial charge < -0.3 is 16.4 Å². The third-order valence-electron chi connectivity index (χ3n) is 5.90. The van der Waals surface area contributed by atoms with Crippen molar-refractivity contribution in [2.24, 2.45) is 11.7 Å². The number of amides is 1. The molecule has 4 heterocycles. The van der Waals surface area contributed by atoms with Crippen molar-refractivity contribution < 1.29 is 4.79 Å². The Morgan fingerprint density at radius 3 is 2.93 bits per heavy atom. The fourth-order valence-corrected chi connectivity index (χ4v) is 6.10. The van der Waals surface area contributed by atoms with Gasteiger partial charge in [-0.3, -0.25) is 4.79 Å². The fraction of sp³-hybridized carbons (Fsp3) is 0.429. The number of hydrogen-bond donors (Lipinski definition) is 3. The SMILES string of the molecule is NC1CCC(CNC(=O)c2cc3c(-c4cccs4)c4c(nc3s2)CNC4)CC1. The Kier molecular flexibility index (Phi) is 4.92. The van der Waals surface area contributed by atoms with Crippen LogP contribution >= 0.6 is 22.7 Å². The van der Waals surface area contributed by atoms with Crippen LogP contribution in [0.15, 0.2) is 23.6 Å². The highest BCUT2D eigenvalue weighted by Crippen LogP contribution is 2.40. The number of carbonyl (C=O) groups excluding carboxylic acids is 1. The first-order valence-electron chi connectivity index (χ1n) is 9.92. The average Bonchev–Trinajstić information content (AvgIpc) is 3.45. The standard InChI is InChI=1S/C21H24N4OS2/c22-13-5-3-12(4-6-13)9-24-20(26)18-8-14-19(17-2-1-7-27-17)15-10-23-11-16(15)25-21(14)28-18/h1-2,7-8,12-13,23H,3-6,9-11,22H2,(H,24,26). The number of nitrogens with two attached hydrogens (primary N) is 1. The first-order chi connectivity index (χ1) is 13.7. The maximum absolute atomic E-state index is 12.8. The van der Waals surface area contributed by atoms with E-state index in [0.717, 1.165) is 66.1 Å². The highest BCUT2D eigenvalue weighted by atomic mass is 32.1. The number of nitrogens with one attached hydrogen (secondary N) is 2. The van der Waals surface area contributed by atoms with E-state index in [9.17, 15) is 4.79 Å². The molecule has 3 aromatic rings. The quantitative estimate of drug-likeness (QED) is 0.608. The fourth-order valence-electron chi connectivity index (χ4n) is 4.31. The largest absolute Gasteiger partial charge is 0.351 e. The van der Waals surface area contributed by atoms with Gasteiger partial charge in [-0.25, -0.2) is 4.98 Å². The molecule has 5 rings (SSSR count). The number of thiophene rings is 2. The lowest BCUT2D eigenvalue weighted by Crippen LogP contribution is -2.34. The van der Waals surface area contributed by atoms with Crippen molar-refractivity contribution >= 4 is 38.8 Å². The molecule has 4 N–H and O–H groups in total. The van der Waals surface area contributed by atoms with Crippen LogP contribution in [0.4, 0.5) is 0 Å². The Hall–Kier alpha value is -1.80. The summed E-state index contributed by atoms with van der Waals surface area (Å²) in [6, 6.07) is 6.61. The summed E-state index contributed by atoms with van der Waals surface area (Å²) in [6.07, 6.45) is 4.35. The average molecular weight is 413 g/mol. The molecule has 28 heavy (non-hydrogen) atoms. The zero-order chi connectivity index (χ0) is 19.1. The Morgan fingerprint density at radius 2 is 2.14 bits per heavy atom. The van der Waals surface area contributed by atoms with E-state index in [1.165, 1.54) is 27.3 Å². The lowest BCUT2D eigenvalue weighted by molar-refractivity contribution is 0.0947. The molecule has 146 valence electrons. The number of carbonyl (C=O) groups is 1. The van der Waals surface area contributed by atoms with Crippen LogP contribution in [0.1, 0.15) is 46.6 Å². The van der Waals surface area contributed by atoms with Crippen LogP contribution in [0.2, 0.25) is 0 Å². The third-order valence-corrected chi connectivity index (χ3v) is 7.81. The second kappa shape index (κ2) is 7.55. The summed E-state index contributed by atoms with van der Waals surface area (Å²) in [5.41, 5.74) is 9.62. The van der Waals surface area contributed by atoms with Crippen molar-refractivity contribution in [1.29, 1.82) is 0 Å². The molecule has 0 aromatic carbocycles. The third kappa shape index (κ3) is 3.37. The van der Waals surface area contributed by atoms with E-state index in [0.29, 0.717) is 12.0 Å². The monoisotopic (exact) mass is 412 g/mol. The van der Waals surface area contributed by atoms with Gasteiger partial charge in [-0.2, -0.15) is 0 Å². The van der Waals surface area contributed by atoms with Gasteiger partial charge >= 0.3 is 0 Å². The number of pyridine rings is 1. The molecule has 1 fully saturated rings. The highest BCUT2D eigenvalue weighted by molar-refractivity contribution is 7.20. The molecule has 1 aliphatic heterocycles. The van der Waals surface area contributed by atoms with Crippen molar-refractivity contribution in [2.75, 3.05) is 6.54 Å². The van der Waals surface area contributed by atoms with Gasteiger partial charge in [0.2, 0.25) is 0 Å². The van der Waals surface area contributed by atoms with E-state index >= 15 is 0 Å². The second-order valence-corrected chi connectivity index (χ2v) is 9.79. The van der Waals surface area contributed by atoms with Crippen molar-refractivity contribution in [1.82, 2.24) is 15.6 Å². The topological polar surface area (TPSA) is 80.0 Å². The predicted octanol–water partition coefficient (Wildman–Crippen LogP) is 3.88. The van der Waals surface area contributed by atoms with Crippen molar-refractivity contribution in [3.8, 4) is 10.4 Å². The van der Waals surface area contributed by atoms with Crippen molar-refractivity contribution in [3.63, 3.8) is 0 Å². The maximum atomic E-state index is 12.8. The molecule has 7 heteroatoms. The second-order valence-electron chi connectivity index (χ2n) is 7.81. The molecule has 0 radical (unpaired) electrons. The number of hydrogen-bond acceptors (Lipinski definition) is 6. The van der Waals surface area contributed by atoms with E-state index in [-0.39, 0.29) is 5.91 Å². The first kappa shape index (κ1) is 18.2. The van der Waals surface area contributed by atoms with Crippen LogP contribution in [-0.4, -0.2) is 23.5 Å². The number of nitrogens with zero attached hydrogens (tertiary/aromatic N) is 1. The number of fused-ring (bicyclic) bond motifs is 2. The molecule has 0 saturated heterocycles. The summed E-state index contributed by atoms with van der Waals surface area (Å²) in [6.45, 7) is 2.38. The minimum absolute atomic E-state index is 0.0216. The van der Waals surface area contributed by atoms with Gasteiger partial charge in [0.15, 0.2) is 0 Å². The van der Waals surface area contributed by atoms with Gasteiger partial charge in [0, 0.05) is 41.5 Å². The summed E-state index contributed by atoms with van der Waals surface area (Å²) in [5.74, 6) is 0.570. The van der Waals surface area contributed by atoms with Crippen LogP contribution in [0.25, 0.3) is 20.7 Å². The maximum Gasteiger partial charge on any atom is 0.261 e. The smallest absolute Gasteiger partial charge is 0.261 e. The molecule has 0 spiro atoms. The van der Waals surface area contributed by atoms with Crippen LogP contribution in [0.5, 0.6) is 0 Å². The van der Waals surface area contributed by atoms with Crippen LogP contribution in [0, 0.1) is 5.92 Å². The Morgan fingerprint density at radius 1 is 1.29 bits per heavy atom. The predicted molar refractivity (Wildman–Crippen MR) is 116 cm³/mol. The Bertz CT molecular complexity index is 1000. The van der Waals surface area contributed by atoms with E-state index in [4.69, 9.17) is 10.7 Å². The molecule has 5 nitrogen and oxygen atoms in total. The van der Waals surface area contributed by atoms with E-state index in [1.807, 2.05) is 6.07 Å². The van der Waals surface area contributed by atoms with E-state index < -0.39 is 0 Å². The van der Waals surface area contributed by atoms with Gasteiger partial charge in [0.1, 0.15) is 4.83 Å². The molecule has 3 aromatic heterocycles. The minimum Gasteiger partial charge on any atom is -0.351 e. The molecule has 0 atom stereocenters. The highest BCUT2D eigenvalue weighted by Gasteiger charge is 2.24. The molecule has 0 bridgehead atoms. The van der Waals surface area contributed by atoms with E-state index in [2.05, 4.69) is 28.1 Å². The minimum atomic E-state index is 0.0216. The molecule has 1 aliphatic carbocycles. The summed E-state index contributed by atoms with van der Waals surface area (Å²) in [5, 5.41) is 9.76. The molecule has 0 unspecified atom stereocenters. The summed E-state index contributed by atoms with van der Waals surface area (Å²) >= 11 is 3.25. The van der Waals surface area contributed by atoms with Gasteiger partial charge in [0.05, 0.1) is 10.6 Å². The Balaban J connectivity index is 1.42. The van der Waals surface area contributed by atoms with Crippen LogP contribution in [-0.2, 0) is 13.1 Å². The van der Waals surface area contributed by atoms with Crippen LogP contribution in [0.3, 0.4) is 0 Å². The van der Waals surface area contributed by atoms with Crippen LogP contribution < -0.4 is 16.4 Å². The van der Waals surface area contributed by atoms with Gasteiger partial charge in [0.25, 0.3) is 5.91 Å². The summed E-state index contributed by atoms with van der Waals surface area (Å²) in [4.78, 5) is 20.6. The zero-order valence-corrected chi connectivity index (χ0v) is 17.3. The molecule has 1 saturated carbocycles. The van der Waals surface area contributed by atoms with Gasteiger partial charge in [-0.1, -0.05) is 6.07 Å². The molecule has 1 amide bonds. The van der Waals surface area contributed by atoms with Gasteiger partial charge in [-0.05, 0) is 54.7 Å². The van der Waals surface area contributed by atoms with Crippen molar-refractivity contribution in [2.45, 2.75) is 44.8 Å².